The zero-order valence-electron chi connectivity index (χ0n) is 10.7. The van der Waals surface area contributed by atoms with Crippen molar-refractivity contribution in [2.24, 2.45) is 0 Å². The molecule has 0 aromatic heterocycles. The Morgan fingerprint density at radius 1 is 1.39 bits per heavy atom. The Balaban J connectivity index is 2.35. The summed E-state index contributed by atoms with van der Waals surface area (Å²) in [6.45, 7) is 3.23. The van der Waals surface area contributed by atoms with Crippen molar-refractivity contribution in [3.8, 4) is 0 Å². The molecular weight excluding hydrogens is 256 g/mol. The maximum atomic E-state index is 12.5. The lowest BCUT2D eigenvalue weighted by molar-refractivity contribution is 0.151. The van der Waals surface area contributed by atoms with E-state index in [2.05, 4.69) is 5.32 Å². The van der Waals surface area contributed by atoms with E-state index in [1.807, 2.05) is 13.0 Å². The van der Waals surface area contributed by atoms with Crippen LogP contribution in [0.2, 0.25) is 0 Å². The Labute approximate surface area is 109 Å². The van der Waals surface area contributed by atoms with Crippen LogP contribution in [0.4, 0.5) is 8.78 Å². The molecule has 0 saturated heterocycles. The summed E-state index contributed by atoms with van der Waals surface area (Å²) < 4.78 is 36.1. The van der Waals surface area contributed by atoms with E-state index < -0.39 is 17.2 Å². The third-order valence-electron chi connectivity index (χ3n) is 2.83. The van der Waals surface area contributed by atoms with Crippen molar-refractivity contribution in [2.75, 3.05) is 12.8 Å². The lowest BCUT2D eigenvalue weighted by Gasteiger charge is -2.10. The maximum Gasteiger partial charge on any atom is 0.263 e. The molecule has 1 rings (SSSR count). The quantitative estimate of drug-likeness (QED) is 0.775. The van der Waals surface area contributed by atoms with Crippen LogP contribution in [0, 0.1) is 0 Å². The van der Waals surface area contributed by atoms with Gasteiger partial charge in [0.05, 0.1) is 0 Å². The normalized spacial score (nSPS) is 14.7. The van der Waals surface area contributed by atoms with Crippen LogP contribution in [0.15, 0.2) is 24.3 Å². The van der Waals surface area contributed by atoms with Gasteiger partial charge >= 0.3 is 0 Å². The van der Waals surface area contributed by atoms with Gasteiger partial charge in [-0.25, -0.2) is 8.78 Å². The van der Waals surface area contributed by atoms with E-state index in [0.717, 1.165) is 18.5 Å². The smallest absolute Gasteiger partial charge is 0.263 e. The highest BCUT2D eigenvalue weighted by Crippen LogP contribution is 2.19. The van der Waals surface area contributed by atoms with Gasteiger partial charge in [0.25, 0.3) is 6.43 Å². The van der Waals surface area contributed by atoms with E-state index in [4.69, 9.17) is 0 Å². The van der Waals surface area contributed by atoms with Gasteiger partial charge in [0, 0.05) is 34.4 Å². The number of hydrogen-bond acceptors (Lipinski definition) is 2. The zero-order chi connectivity index (χ0) is 13.5. The summed E-state index contributed by atoms with van der Waals surface area (Å²) in [6, 6.07) is 6.40. The van der Waals surface area contributed by atoms with Crippen molar-refractivity contribution < 1.29 is 13.0 Å². The number of rotatable bonds is 7. The van der Waals surface area contributed by atoms with Crippen LogP contribution in [0.25, 0.3) is 0 Å². The predicted octanol–water partition coefficient (Wildman–Crippen LogP) is 2.87. The van der Waals surface area contributed by atoms with Gasteiger partial charge in [-0.15, -0.1) is 0 Å². The average molecular weight is 275 g/mol. The van der Waals surface area contributed by atoms with Crippen LogP contribution in [0.5, 0.6) is 0 Å². The van der Waals surface area contributed by atoms with E-state index in [1.54, 1.807) is 12.3 Å². The number of nitrogens with one attached hydrogen (secondary N) is 1. The molecule has 0 fully saturated rings. The van der Waals surface area contributed by atoms with Crippen LogP contribution >= 0.6 is 0 Å². The Kier molecular flexibility index (Phi) is 6.43. The third kappa shape index (κ3) is 5.23. The molecular formula is C13H19F2NOS. The van der Waals surface area contributed by atoms with E-state index in [1.165, 1.54) is 12.1 Å². The first-order valence-corrected chi connectivity index (χ1v) is 7.52. The van der Waals surface area contributed by atoms with Gasteiger partial charge in [-0.3, -0.25) is 4.21 Å². The van der Waals surface area contributed by atoms with Crippen molar-refractivity contribution in [3.05, 3.63) is 35.4 Å². The zero-order valence-corrected chi connectivity index (χ0v) is 11.5. The summed E-state index contributed by atoms with van der Waals surface area (Å²) in [4.78, 5) is 0. The minimum atomic E-state index is -2.42. The topological polar surface area (TPSA) is 29.1 Å². The fraction of sp³-hybridized carbons (Fsp3) is 0.538. The standard InChI is InChI=1S/C13H19F2NOS/c1-10(18(2)17)6-7-16-9-11-4-3-5-12(8-11)13(14)15/h3-5,8,10,13,16H,6-7,9H2,1-2H3. The van der Waals surface area contributed by atoms with Crippen LogP contribution in [0.1, 0.15) is 30.9 Å². The molecule has 0 amide bonds. The van der Waals surface area contributed by atoms with Crippen LogP contribution in [-0.2, 0) is 17.3 Å². The Hall–Kier alpha value is -0.810. The number of alkyl halides is 2. The Morgan fingerprint density at radius 3 is 2.72 bits per heavy atom. The molecule has 0 aliphatic carbocycles. The number of halogens is 2. The molecule has 5 heteroatoms. The molecule has 0 aliphatic rings. The van der Waals surface area contributed by atoms with Crippen LogP contribution in [-0.4, -0.2) is 22.3 Å². The minimum absolute atomic E-state index is 0.0531. The van der Waals surface area contributed by atoms with Crippen molar-refractivity contribution in [3.63, 3.8) is 0 Å². The first-order chi connectivity index (χ1) is 8.50. The van der Waals surface area contributed by atoms with E-state index in [-0.39, 0.29) is 10.8 Å². The molecule has 2 nitrogen and oxygen atoms in total. The fourth-order valence-electron chi connectivity index (χ4n) is 1.54. The molecule has 2 atom stereocenters. The summed E-state index contributed by atoms with van der Waals surface area (Å²) in [6.07, 6.45) is 0.0847. The second-order valence-electron chi connectivity index (χ2n) is 4.32. The van der Waals surface area contributed by atoms with Crippen molar-refractivity contribution in [2.45, 2.75) is 31.6 Å². The van der Waals surface area contributed by atoms with E-state index in [9.17, 15) is 13.0 Å². The first-order valence-electron chi connectivity index (χ1n) is 5.90. The second kappa shape index (κ2) is 7.59. The molecule has 1 aromatic rings. The average Bonchev–Trinajstić information content (AvgIpc) is 2.34. The molecule has 0 heterocycles. The van der Waals surface area contributed by atoms with Gasteiger partial charge in [-0.2, -0.15) is 0 Å². The van der Waals surface area contributed by atoms with Crippen LogP contribution < -0.4 is 5.32 Å². The van der Waals surface area contributed by atoms with Crippen molar-refractivity contribution in [1.29, 1.82) is 0 Å². The maximum absolute atomic E-state index is 12.5. The molecule has 0 bridgehead atoms. The summed E-state index contributed by atoms with van der Waals surface area (Å²) in [5.41, 5.74) is 0.899. The van der Waals surface area contributed by atoms with Crippen molar-refractivity contribution >= 4 is 10.8 Å². The fourth-order valence-corrected chi connectivity index (χ4v) is 1.99. The van der Waals surface area contributed by atoms with Gasteiger partial charge in [0.1, 0.15) is 0 Å². The minimum Gasteiger partial charge on any atom is -0.313 e. The van der Waals surface area contributed by atoms with Gasteiger partial charge in [0.2, 0.25) is 0 Å². The van der Waals surface area contributed by atoms with Gasteiger partial charge in [-0.05, 0) is 24.6 Å². The molecule has 1 aromatic carbocycles. The molecule has 0 saturated carbocycles. The lowest BCUT2D eigenvalue weighted by Crippen LogP contribution is -2.21. The highest BCUT2D eigenvalue weighted by molar-refractivity contribution is 7.84. The molecule has 0 radical (unpaired) electrons. The summed E-state index contributed by atoms with van der Waals surface area (Å²) in [5.74, 6) is 0. The van der Waals surface area contributed by atoms with Gasteiger partial charge in [0.15, 0.2) is 0 Å². The van der Waals surface area contributed by atoms with Gasteiger partial charge < -0.3 is 5.32 Å². The first kappa shape index (κ1) is 15.2. The number of benzene rings is 1. The number of hydrogen-bond donors (Lipinski definition) is 1. The molecule has 18 heavy (non-hydrogen) atoms. The molecule has 0 aliphatic heterocycles. The summed E-state index contributed by atoms with van der Waals surface area (Å²) in [5, 5.41) is 3.33. The lowest BCUT2D eigenvalue weighted by atomic mass is 10.1. The van der Waals surface area contributed by atoms with Crippen LogP contribution in [0.3, 0.4) is 0 Å². The Morgan fingerprint density at radius 2 is 2.11 bits per heavy atom. The molecule has 2 unspecified atom stereocenters. The van der Waals surface area contributed by atoms with Crippen molar-refractivity contribution in [1.82, 2.24) is 5.32 Å². The summed E-state index contributed by atoms with van der Waals surface area (Å²) >= 11 is 0. The highest BCUT2D eigenvalue weighted by atomic mass is 32.2. The largest absolute Gasteiger partial charge is 0.313 e. The Bertz CT molecular complexity index is 398. The highest BCUT2D eigenvalue weighted by Gasteiger charge is 2.07. The van der Waals surface area contributed by atoms with E-state index in [0.29, 0.717) is 6.54 Å². The van der Waals surface area contributed by atoms with Gasteiger partial charge in [-0.1, -0.05) is 25.1 Å². The van der Waals surface area contributed by atoms with E-state index >= 15 is 0 Å². The summed E-state index contributed by atoms with van der Waals surface area (Å²) in [7, 11) is -0.807. The molecule has 1 N–H and O–H groups in total. The molecule has 102 valence electrons. The monoisotopic (exact) mass is 275 g/mol. The SMILES string of the molecule is CC(CCNCc1cccc(C(F)F)c1)S(C)=O. The second-order valence-corrected chi connectivity index (χ2v) is 6.12. The third-order valence-corrected chi connectivity index (χ3v) is 4.20. The molecule has 0 spiro atoms. The predicted molar refractivity (Wildman–Crippen MR) is 71.3 cm³/mol.